The third-order valence-electron chi connectivity index (χ3n) is 4.47. The van der Waals surface area contributed by atoms with Crippen molar-refractivity contribution in [3.63, 3.8) is 0 Å². The van der Waals surface area contributed by atoms with Crippen LogP contribution in [-0.4, -0.2) is 28.7 Å². The molecule has 2 heterocycles. The zero-order valence-corrected chi connectivity index (χ0v) is 16.3. The third-order valence-corrected chi connectivity index (χ3v) is 4.47. The number of rotatable bonds is 6. The van der Waals surface area contributed by atoms with Crippen molar-refractivity contribution in [3.8, 4) is 22.9 Å². The van der Waals surface area contributed by atoms with Crippen molar-refractivity contribution in [3.05, 3.63) is 66.5 Å². The van der Waals surface area contributed by atoms with E-state index in [2.05, 4.69) is 25.0 Å². The fourth-order valence-corrected chi connectivity index (χ4v) is 3.06. The number of ether oxygens (including phenoxy) is 2. The molecule has 0 saturated heterocycles. The lowest BCUT2D eigenvalue weighted by atomic mass is 10.1. The Kier molecular flexibility index (Phi) is 5.38. The van der Waals surface area contributed by atoms with Crippen LogP contribution in [-0.2, 0) is 0 Å². The van der Waals surface area contributed by atoms with Crippen molar-refractivity contribution in [2.45, 2.75) is 13.5 Å². The van der Waals surface area contributed by atoms with E-state index in [0.29, 0.717) is 28.6 Å². The van der Waals surface area contributed by atoms with Crippen LogP contribution in [0.15, 0.2) is 60.8 Å². The van der Waals surface area contributed by atoms with Gasteiger partial charge in [0.2, 0.25) is 0 Å². The Morgan fingerprint density at radius 1 is 0.967 bits per heavy atom. The fraction of sp³-hybridized carbons (Fsp3) is 0.136. The highest BCUT2D eigenvalue weighted by molar-refractivity contribution is 5.93. The highest BCUT2D eigenvalue weighted by Gasteiger charge is 2.13. The van der Waals surface area contributed by atoms with Crippen molar-refractivity contribution in [1.82, 2.24) is 15.0 Å². The highest BCUT2D eigenvalue weighted by Crippen LogP contribution is 2.31. The molecule has 8 heteroatoms. The highest BCUT2D eigenvalue weighted by atomic mass is 19.3. The number of aromatic nitrogens is 3. The third kappa shape index (κ3) is 4.12. The summed E-state index contributed by atoms with van der Waals surface area (Å²) in [6.45, 7) is -1.01. The molecule has 0 saturated carbocycles. The number of nitrogens with zero attached hydrogens (tertiary/aromatic N) is 3. The van der Waals surface area contributed by atoms with E-state index < -0.39 is 6.61 Å². The first kappa shape index (κ1) is 19.5. The van der Waals surface area contributed by atoms with E-state index in [0.717, 1.165) is 16.6 Å². The Morgan fingerprint density at radius 2 is 1.83 bits per heavy atom. The van der Waals surface area contributed by atoms with Crippen LogP contribution in [0.3, 0.4) is 0 Å². The predicted molar refractivity (Wildman–Crippen MR) is 110 cm³/mol. The van der Waals surface area contributed by atoms with Crippen molar-refractivity contribution in [2.24, 2.45) is 0 Å². The molecule has 0 fully saturated rings. The molecule has 2 aromatic carbocycles. The Bertz CT molecular complexity index is 1200. The Balaban J connectivity index is 1.83. The van der Waals surface area contributed by atoms with Crippen LogP contribution in [0.2, 0.25) is 0 Å². The lowest BCUT2D eigenvalue weighted by Crippen LogP contribution is -2.03. The summed E-state index contributed by atoms with van der Waals surface area (Å²) < 4.78 is 35.0. The first-order chi connectivity index (χ1) is 14.5. The van der Waals surface area contributed by atoms with Gasteiger partial charge in [0.05, 0.1) is 12.6 Å². The summed E-state index contributed by atoms with van der Waals surface area (Å²) in [5.74, 6) is 1.70. The monoisotopic (exact) mass is 408 g/mol. The lowest BCUT2D eigenvalue weighted by molar-refractivity contribution is -0.0498. The van der Waals surface area contributed by atoms with Gasteiger partial charge in [-0.3, -0.25) is 4.98 Å². The maximum absolute atomic E-state index is 12.6. The number of hydrogen-bond acceptors (Lipinski definition) is 6. The van der Waals surface area contributed by atoms with Gasteiger partial charge in [0.25, 0.3) is 0 Å². The van der Waals surface area contributed by atoms with Crippen LogP contribution >= 0.6 is 0 Å². The number of halogens is 2. The largest absolute Gasteiger partial charge is 0.497 e. The summed E-state index contributed by atoms with van der Waals surface area (Å²) in [5.41, 5.74) is 2.84. The molecule has 1 N–H and O–H groups in total. The first-order valence-corrected chi connectivity index (χ1v) is 9.13. The minimum Gasteiger partial charge on any atom is -0.497 e. The maximum atomic E-state index is 12.6. The molecular formula is C22H18F2N4O2. The van der Waals surface area contributed by atoms with Crippen LogP contribution < -0.4 is 14.8 Å². The zero-order valence-electron chi connectivity index (χ0n) is 16.3. The number of methoxy groups -OCH3 is 1. The van der Waals surface area contributed by atoms with Gasteiger partial charge in [-0.1, -0.05) is 6.07 Å². The molecule has 0 bridgehead atoms. The Labute approximate surface area is 171 Å². The second-order valence-corrected chi connectivity index (χ2v) is 6.45. The van der Waals surface area contributed by atoms with E-state index in [9.17, 15) is 8.78 Å². The number of benzene rings is 2. The fourth-order valence-electron chi connectivity index (χ4n) is 3.06. The van der Waals surface area contributed by atoms with Gasteiger partial charge in [-0.2, -0.15) is 8.78 Å². The number of aryl methyl sites for hydroxylation is 1. The molecule has 4 aromatic rings. The maximum Gasteiger partial charge on any atom is 0.387 e. The van der Waals surface area contributed by atoms with Crippen LogP contribution in [0.4, 0.5) is 20.3 Å². The van der Waals surface area contributed by atoms with Gasteiger partial charge in [0, 0.05) is 34.6 Å². The van der Waals surface area contributed by atoms with Gasteiger partial charge < -0.3 is 14.8 Å². The summed E-state index contributed by atoms with van der Waals surface area (Å²) in [6, 6.07) is 15.5. The zero-order chi connectivity index (χ0) is 21.1. The SMILES string of the molecule is COc1ccc2nc(-c3cccnc3C)nc(Nc3cccc(OC(F)F)c3)c2c1. The van der Waals surface area contributed by atoms with E-state index in [1.807, 2.05) is 37.3 Å². The molecule has 0 unspecified atom stereocenters. The number of pyridine rings is 1. The van der Waals surface area contributed by atoms with Crippen LogP contribution in [0.5, 0.6) is 11.5 Å². The number of alkyl halides is 2. The molecule has 0 aliphatic rings. The van der Waals surface area contributed by atoms with Gasteiger partial charge in [-0.15, -0.1) is 0 Å². The van der Waals surface area contributed by atoms with E-state index in [-0.39, 0.29) is 5.75 Å². The van der Waals surface area contributed by atoms with Gasteiger partial charge in [-0.05, 0) is 49.4 Å². The Hall–Kier alpha value is -3.81. The molecule has 0 atom stereocenters. The normalized spacial score (nSPS) is 11.0. The van der Waals surface area contributed by atoms with E-state index in [4.69, 9.17) is 4.74 Å². The number of anilines is 2. The number of hydrogen-bond donors (Lipinski definition) is 1. The average Bonchev–Trinajstić information content (AvgIpc) is 2.73. The molecule has 152 valence electrons. The topological polar surface area (TPSA) is 69.2 Å². The standard InChI is InChI=1S/C22H18F2N4O2/c1-13-17(7-4-10-25-13)20-27-19-9-8-15(29-2)12-18(19)21(28-20)26-14-5-3-6-16(11-14)30-22(23)24/h3-12,22H,1-2H3,(H,26,27,28). The molecule has 0 spiro atoms. The van der Waals surface area contributed by atoms with Crippen LogP contribution in [0.1, 0.15) is 5.69 Å². The summed E-state index contributed by atoms with van der Waals surface area (Å²) in [4.78, 5) is 13.7. The molecular weight excluding hydrogens is 390 g/mol. The second kappa shape index (κ2) is 8.28. The van der Waals surface area contributed by atoms with Crippen molar-refractivity contribution < 1.29 is 18.3 Å². The summed E-state index contributed by atoms with van der Waals surface area (Å²) in [5, 5.41) is 3.91. The molecule has 0 amide bonds. The quantitative estimate of drug-likeness (QED) is 0.464. The molecule has 30 heavy (non-hydrogen) atoms. The van der Waals surface area contributed by atoms with Gasteiger partial charge in [0.1, 0.15) is 17.3 Å². The molecule has 4 rings (SSSR count). The lowest BCUT2D eigenvalue weighted by Gasteiger charge is -2.13. The minimum atomic E-state index is -2.90. The van der Waals surface area contributed by atoms with Crippen molar-refractivity contribution in [2.75, 3.05) is 12.4 Å². The van der Waals surface area contributed by atoms with Gasteiger partial charge in [-0.25, -0.2) is 9.97 Å². The molecule has 0 aliphatic heterocycles. The summed E-state index contributed by atoms with van der Waals surface area (Å²) >= 11 is 0. The number of nitrogens with one attached hydrogen (secondary N) is 1. The molecule has 6 nitrogen and oxygen atoms in total. The number of fused-ring (bicyclic) bond motifs is 1. The van der Waals surface area contributed by atoms with Crippen molar-refractivity contribution in [1.29, 1.82) is 0 Å². The minimum absolute atomic E-state index is 0.0502. The van der Waals surface area contributed by atoms with E-state index in [1.54, 1.807) is 25.4 Å². The molecule has 2 aromatic heterocycles. The second-order valence-electron chi connectivity index (χ2n) is 6.45. The average molecular weight is 408 g/mol. The smallest absolute Gasteiger partial charge is 0.387 e. The summed E-state index contributed by atoms with van der Waals surface area (Å²) in [7, 11) is 1.58. The summed E-state index contributed by atoms with van der Waals surface area (Å²) in [6.07, 6.45) is 1.71. The van der Waals surface area contributed by atoms with Crippen LogP contribution in [0, 0.1) is 6.92 Å². The van der Waals surface area contributed by atoms with E-state index >= 15 is 0 Å². The van der Waals surface area contributed by atoms with E-state index in [1.165, 1.54) is 12.1 Å². The molecule has 0 radical (unpaired) electrons. The molecule has 0 aliphatic carbocycles. The van der Waals surface area contributed by atoms with Gasteiger partial charge >= 0.3 is 6.61 Å². The van der Waals surface area contributed by atoms with Crippen molar-refractivity contribution >= 4 is 22.4 Å². The Morgan fingerprint density at radius 3 is 2.60 bits per heavy atom. The van der Waals surface area contributed by atoms with Crippen LogP contribution in [0.25, 0.3) is 22.3 Å². The first-order valence-electron chi connectivity index (χ1n) is 9.13. The van der Waals surface area contributed by atoms with Gasteiger partial charge in [0.15, 0.2) is 5.82 Å². The predicted octanol–water partition coefficient (Wildman–Crippen LogP) is 5.35.